The normalized spacial score (nSPS) is 15.8. The average Bonchev–Trinajstić information content (AvgIpc) is 2.73. The molecule has 1 fully saturated rings. The Bertz CT molecular complexity index is 953. The van der Waals surface area contributed by atoms with Crippen LogP contribution in [0.1, 0.15) is 6.92 Å². The van der Waals surface area contributed by atoms with Crippen LogP contribution in [-0.2, 0) is 4.79 Å². The zero-order valence-corrected chi connectivity index (χ0v) is 15.9. The smallest absolute Gasteiger partial charge is 0.240 e. The van der Waals surface area contributed by atoms with E-state index in [9.17, 15) is 4.79 Å². The molecule has 4 rings (SSSR count). The lowest BCUT2D eigenvalue weighted by atomic mass is 10.1. The van der Waals surface area contributed by atoms with Gasteiger partial charge in [-0.05, 0) is 19.1 Å². The van der Waals surface area contributed by atoms with Gasteiger partial charge >= 0.3 is 0 Å². The number of benzene rings is 2. The summed E-state index contributed by atoms with van der Waals surface area (Å²) in [7, 11) is 0. The third-order valence-electron chi connectivity index (χ3n) is 4.83. The number of para-hydroxylation sites is 2. The van der Waals surface area contributed by atoms with Crippen LogP contribution in [-0.4, -0.2) is 52.3 Å². The second-order valence-electron chi connectivity index (χ2n) is 6.68. The number of anilines is 1. The Labute approximate surface area is 163 Å². The number of hydrogen-bond acceptors (Lipinski definition) is 4. The molecule has 1 aromatic heterocycles. The molecule has 1 saturated heterocycles. The summed E-state index contributed by atoms with van der Waals surface area (Å²) in [6, 6.07) is 18.0. The molecule has 27 heavy (non-hydrogen) atoms. The second-order valence-corrected chi connectivity index (χ2v) is 7.33. The summed E-state index contributed by atoms with van der Waals surface area (Å²) in [4.78, 5) is 26.0. The maximum atomic E-state index is 12.2. The molecule has 0 aliphatic carbocycles. The topological polar surface area (TPSA) is 49.3 Å². The van der Waals surface area contributed by atoms with E-state index in [1.165, 1.54) is 0 Å². The van der Waals surface area contributed by atoms with Gasteiger partial charge in [0, 0.05) is 31.7 Å². The first-order chi connectivity index (χ1) is 13.1. The van der Waals surface area contributed by atoms with Crippen molar-refractivity contribution < 1.29 is 4.79 Å². The van der Waals surface area contributed by atoms with Crippen LogP contribution in [0.25, 0.3) is 22.3 Å². The van der Waals surface area contributed by atoms with E-state index in [0.717, 1.165) is 28.1 Å². The molecule has 1 amide bonds. The first-order valence-corrected chi connectivity index (χ1v) is 9.57. The minimum absolute atomic E-state index is 0.0100. The zero-order chi connectivity index (χ0) is 18.8. The van der Waals surface area contributed by atoms with Gasteiger partial charge in [0.15, 0.2) is 5.82 Å². The Morgan fingerprint density at radius 1 is 0.926 bits per heavy atom. The number of carbonyl (C=O) groups is 1. The van der Waals surface area contributed by atoms with Crippen LogP contribution in [0.5, 0.6) is 0 Å². The van der Waals surface area contributed by atoms with E-state index in [1.54, 1.807) is 6.92 Å². The predicted molar refractivity (Wildman–Crippen MR) is 109 cm³/mol. The van der Waals surface area contributed by atoms with E-state index in [2.05, 4.69) is 17.0 Å². The molecule has 2 heterocycles. The van der Waals surface area contributed by atoms with Crippen LogP contribution in [0.3, 0.4) is 0 Å². The maximum absolute atomic E-state index is 12.2. The van der Waals surface area contributed by atoms with Crippen molar-refractivity contribution in [3.05, 3.63) is 54.6 Å². The van der Waals surface area contributed by atoms with E-state index in [0.29, 0.717) is 26.2 Å². The van der Waals surface area contributed by atoms with Gasteiger partial charge in [0.05, 0.1) is 11.0 Å². The summed E-state index contributed by atoms with van der Waals surface area (Å²) in [5.41, 5.74) is 3.67. The number of nitrogens with zero attached hydrogens (tertiary/aromatic N) is 4. The Kier molecular flexibility index (Phi) is 4.94. The largest absolute Gasteiger partial charge is 0.351 e. The summed E-state index contributed by atoms with van der Waals surface area (Å²) in [5.74, 6) is 0.857. The zero-order valence-electron chi connectivity index (χ0n) is 15.2. The Morgan fingerprint density at radius 3 is 2.15 bits per heavy atom. The number of carbonyl (C=O) groups excluding carboxylic acids is 1. The van der Waals surface area contributed by atoms with Gasteiger partial charge in [-0.2, -0.15) is 0 Å². The van der Waals surface area contributed by atoms with Crippen molar-refractivity contribution in [2.75, 3.05) is 31.1 Å². The van der Waals surface area contributed by atoms with Gasteiger partial charge in [-0.25, -0.2) is 9.97 Å². The highest BCUT2D eigenvalue weighted by Gasteiger charge is 2.26. The van der Waals surface area contributed by atoms with E-state index in [4.69, 9.17) is 21.6 Å². The van der Waals surface area contributed by atoms with Crippen molar-refractivity contribution in [3.8, 4) is 11.3 Å². The molecule has 1 unspecified atom stereocenters. The summed E-state index contributed by atoms with van der Waals surface area (Å²) in [5, 5.41) is -0.489. The first kappa shape index (κ1) is 17.7. The molecule has 1 aliphatic rings. The standard InChI is InChI=1S/C21H21ClN4O/c1-15(22)21(27)26-13-11-25(12-14-26)20-19(16-7-3-2-4-8-16)23-17-9-5-6-10-18(17)24-20/h2-10,15H,11-14H2,1H3. The fourth-order valence-corrected chi connectivity index (χ4v) is 3.53. The fraction of sp³-hybridized carbons (Fsp3) is 0.286. The van der Waals surface area contributed by atoms with E-state index in [1.807, 2.05) is 47.4 Å². The summed E-state index contributed by atoms with van der Waals surface area (Å²) < 4.78 is 0. The van der Waals surface area contributed by atoms with E-state index in [-0.39, 0.29) is 5.91 Å². The molecule has 1 aliphatic heterocycles. The first-order valence-electron chi connectivity index (χ1n) is 9.13. The highest BCUT2D eigenvalue weighted by molar-refractivity contribution is 6.30. The Morgan fingerprint density at radius 2 is 1.52 bits per heavy atom. The van der Waals surface area contributed by atoms with Gasteiger partial charge in [0.25, 0.3) is 0 Å². The number of halogens is 1. The van der Waals surface area contributed by atoms with Gasteiger partial charge in [-0.3, -0.25) is 4.79 Å². The number of alkyl halides is 1. The average molecular weight is 381 g/mol. The molecule has 0 spiro atoms. The monoisotopic (exact) mass is 380 g/mol. The van der Waals surface area contributed by atoms with Crippen LogP contribution in [0.2, 0.25) is 0 Å². The lowest BCUT2D eigenvalue weighted by Crippen LogP contribution is -2.50. The molecule has 6 heteroatoms. The molecular weight excluding hydrogens is 360 g/mol. The van der Waals surface area contributed by atoms with Crippen molar-refractivity contribution in [2.24, 2.45) is 0 Å². The quantitative estimate of drug-likeness (QED) is 0.652. The summed E-state index contributed by atoms with van der Waals surface area (Å²) in [6.45, 7) is 4.42. The fourth-order valence-electron chi connectivity index (χ4n) is 3.39. The molecule has 0 N–H and O–H groups in total. The third kappa shape index (κ3) is 3.60. The van der Waals surface area contributed by atoms with Crippen molar-refractivity contribution in [1.82, 2.24) is 14.9 Å². The number of hydrogen-bond donors (Lipinski definition) is 0. The molecule has 0 radical (unpaired) electrons. The van der Waals surface area contributed by atoms with Gasteiger partial charge < -0.3 is 9.80 Å². The minimum atomic E-state index is -0.489. The van der Waals surface area contributed by atoms with Crippen LogP contribution in [0.15, 0.2) is 54.6 Å². The predicted octanol–water partition coefficient (Wildman–Crippen LogP) is 3.57. The third-order valence-corrected chi connectivity index (χ3v) is 5.02. The van der Waals surface area contributed by atoms with Crippen LogP contribution in [0, 0.1) is 0 Å². The van der Waals surface area contributed by atoms with Gasteiger partial charge in [-0.1, -0.05) is 42.5 Å². The molecule has 2 aromatic carbocycles. The molecular formula is C21H21ClN4O. The SMILES string of the molecule is CC(Cl)C(=O)N1CCN(c2nc3ccccc3nc2-c2ccccc2)CC1. The Balaban J connectivity index is 1.70. The highest BCUT2D eigenvalue weighted by atomic mass is 35.5. The van der Waals surface area contributed by atoms with Crippen molar-refractivity contribution in [1.29, 1.82) is 0 Å². The number of amides is 1. The van der Waals surface area contributed by atoms with Gasteiger partial charge in [0.1, 0.15) is 11.1 Å². The lowest BCUT2D eigenvalue weighted by Gasteiger charge is -2.36. The molecule has 0 saturated carbocycles. The van der Waals surface area contributed by atoms with Gasteiger partial charge in [0.2, 0.25) is 5.91 Å². The van der Waals surface area contributed by atoms with E-state index < -0.39 is 5.38 Å². The van der Waals surface area contributed by atoms with Crippen molar-refractivity contribution in [2.45, 2.75) is 12.3 Å². The van der Waals surface area contributed by atoms with Crippen molar-refractivity contribution in [3.63, 3.8) is 0 Å². The van der Waals surface area contributed by atoms with Crippen molar-refractivity contribution >= 4 is 34.4 Å². The van der Waals surface area contributed by atoms with Crippen LogP contribution >= 0.6 is 11.6 Å². The Hall–Kier alpha value is -2.66. The number of aromatic nitrogens is 2. The maximum Gasteiger partial charge on any atom is 0.240 e. The number of fused-ring (bicyclic) bond motifs is 1. The molecule has 1 atom stereocenters. The highest BCUT2D eigenvalue weighted by Crippen LogP contribution is 2.30. The minimum Gasteiger partial charge on any atom is -0.351 e. The van der Waals surface area contributed by atoms with Crippen LogP contribution in [0.4, 0.5) is 5.82 Å². The number of rotatable bonds is 3. The molecule has 5 nitrogen and oxygen atoms in total. The summed E-state index contributed by atoms with van der Waals surface area (Å²) in [6.07, 6.45) is 0. The second kappa shape index (κ2) is 7.53. The lowest BCUT2D eigenvalue weighted by molar-refractivity contribution is -0.130. The molecule has 0 bridgehead atoms. The van der Waals surface area contributed by atoms with Gasteiger partial charge in [-0.15, -0.1) is 11.6 Å². The van der Waals surface area contributed by atoms with E-state index >= 15 is 0 Å². The van der Waals surface area contributed by atoms with Crippen LogP contribution < -0.4 is 4.90 Å². The summed E-state index contributed by atoms with van der Waals surface area (Å²) >= 11 is 5.96. The molecule has 138 valence electrons. The molecule has 3 aromatic rings. The number of piperazine rings is 1.